The summed E-state index contributed by atoms with van der Waals surface area (Å²) in [6.45, 7) is 5.63. The monoisotopic (exact) mass is 439 g/mol. The first kappa shape index (κ1) is 20.4. The van der Waals surface area contributed by atoms with E-state index in [1.807, 2.05) is 23.2 Å². The van der Waals surface area contributed by atoms with Crippen LogP contribution in [0.1, 0.15) is 64.3 Å². The zero-order valence-electron chi connectivity index (χ0n) is 19.0. The third kappa shape index (κ3) is 3.68. The number of aromatic nitrogens is 2. The minimum atomic E-state index is 0.0625. The zero-order valence-corrected chi connectivity index (χ0v) is 19.0. The van der Waals surface area contributed by atoms with E-state index in [-0.39, 0.29) is 5.91 Å². The van der Waals surface area contributed by atoms with Crippen LogP contribution in [-0.4, -0.2) is 40.4 Å². The Morgan fingerprint density at radius 3 is 2.88 bits per heavy atom. The van der Waals surface area contributed by atoms with Crippen molar-refractivity contribution in [2.75, 3.05) is 25.0 Å². The summed E-state index contributed by atoms with van der Waals surface area (Å²) in [4.78, 5) is 23.9. The van der Waals surface area contributed by atoms with Gasteiger partial charge >= 0.3 is 0 Å². The lowest BCUT2D eigenvalue weighted by Gasteiger charge is -2.32. The van der Waals surface area contributed by atoms with Gasteiger partial charge in [0.2, 0.25) is 0 Å². The molecule has 0 radical (unpaired) electrons. The summed E-state index contributed by atoms with van der Waals surface area (Å²) >= 11 is 0. The van der Waals surface area contributed by atoms with Gasteiger partial charge in [0.1, 0.15) is 5.82 Å². The quantitative estimate of drug-likeness (QED) is 0.637. The molecule has 3 aliphatic heterocycles. The summed E-state index contributed by atoms with van der Waals surface area (Å²) in [6.07, 6.45) is 8.56. The molecule has 3 aromatic rings. The van der Waals surface area contributed by atoms with E-state index in [0.717, 1.165) is 38.3 Å². The van der Waals surface area contributed by atoms with Crippen molar-refractivity contribution in [3.8, 4) is 11.1 Å². The van der Waals surface area contributed by atoms with Crippen LogP contribution >= 0.6 is 0 Å². The number of hydrogen-bond donors (Lipinski definition) is 2. The van der Waals surface area contributed by atoms with Gasteiger partial charge in [-0.15, -0.1) is 0 Å². The number of carbonyl (C=O) groups is 1. The van der Waals surface area contributed by atoms with Gasteiger partial charge in [-0.3, -0.25) is 9.78 Å². The van der Waals surface area contributed by atoms with Gasteiger partial charge in [0, 0.05) is 55.7 Å². The average molecular weight is 440 g/mol. The highest BCUT2D eigenvalue weighted by Gasteiger charge is 2.29. The number of pyridine rings is 2. The SMILES string of the molecule is CC1CNc2ncc(-c3cc4c(c(C5CCCN5)c3)CN(C(=O)c3cccnc3)CC4)cc21. The lowest BCUT2D eigenvalue weighted by molar-refractivity contribution is 0.0733. The topological polar surface area (TPSA) is 70.2 Å². The fourth-order valence-electron chi connectivity index (χ4n) is 5.49. The molecule has 6 rings (SSSR count). The third-order valence-electron chi connectivity index (χ3n) is 7.37. The van der Waals surface area contributed by atoms with Gasteiger partial charge in [-0.1, -0.05) is 13.0 Å². The van der Waals surface area contributed by atoms with E-state index in [9.17, 15) is 4.79 Å². The van der Waals surface area contributed by atoms with Crippen LogP contribution in [0.25, 0.3) is 11.1 Å². The number of hydrogen-bond acceptors (Lipinski definition) is 5. The van der Waals surface area contributed by atoms with E-state index in [2.05, 4.69) is 40.7 Å². The fourth-order valence-corrected chi connectivity index (χ4v) is 5.49. The summed E-state index contributed by atoms with van der Waals surface area (Å²) < 4.78 is 0. The average Bonchev–Trinajstić information content (AvgIpc) is 3.53. The van der Waals surface area contributed by atoms with Gasteiger partial charge in [0.25, 0.3) is 5.91 Å². The Balaban J connectivity index is 1.38. The Kier molecular flexibility index (Phi) is 5.10. The first-order valence-electron chi connectivity index (χ1n) is 12.0. The highest BCUT2D eigenvalue weighted by Crippen LogP contribution is 2.38. The molecule has 33 heavy (non-hydrogen) atoms. The predicted octanol–water partition coefficient (Wildman–Crippen LogP) is 4.30. The number of amides is 1. The van der Waals surface area contributed by atoms with Crippen molar-refractivity contribution in [1.29, 1.82) is 0 Å². The van der Waals surface area contributed by atoms with Crippen LogP contribution in [-0.2, 0) is 13.0 Å². The Hall–Kier alpha value is -3.25. The number of anilines is 1. The molecule has 2 atom stereocenters. The summed E-state index contributed by atoms with van der Waals surface area (Å²) in [5.74, 6) is 1.56. The molecule has 1 saturated heterocycles. The fraction of sp³-hybridized carbons (Fsp3) is 0.370. The molecule has 1 fully saturated rings. The van der Waals surface area contributed by atoms with Crippen LogP contribution in [0.5, 0.6) is 0 Å². The number of nitrogens with zero attached hydrogens (tertiary/aromatic N) is 3. The Morgan fingerprint density at radius 2 is 2.06 bits per heavy atom. The van der Waals surface area contributed by atoms with E-state index < -0.39 is 0 Å². The van der Waals surface area contributed by atoms with Crippen molar-refractivity contribution in [1.82, 2.24) is 20.2 Å². The van der Waals surface area contributed by atoms with Crippen molar-refractivity contribution in [2.45, 2.75) is 44.7 Å². The van der Waals surface area contributed by atoms with Gasteiger partial charge in [-0.05, 0) is 77.9 Å². The van der Waals surface area contributed by atoms with E-state index >= 15 is 0 Å². The van der Waals surface area contributed by atoms with Crippen LogP contribution in [0.4, 0.5) is 5.82 Å². The second-order valence-electron chi connectivity index (χ2n) is 9.51. The number of benzene rings is 1. The molecular weight excluding hydrogens is 410 g/mol. The summed E-state index contributed by atoms with van der Waals surface area (Å²) in [5.41, 5.74) is 8.39. The van der Waals surface area contributed by atoms with Crippen LogP contribution < -0.4 is 10.6 Å². The van der Waals surface area contributed by atoms with E-state index in [1.54, 1.807) is 12.4 Å². The first-order chi connectivity index (χ1) is 16.2. The molecular formula is C27H29N5O. The molecule has 3 aliphatic rings. The molecule has 6 heteroatoms. The predicted molar refractivity (Wildman–Crippen MR) is 129 cm³/mol. The molecule has 0 spiro atoms. The first-order valence-corrected chi connectivity index (χ1v) is 12.0. The van der Waals surface area contributed by atoms with Gasteiger partial charge in [0.05, 0.1) is 5.56 Å². The standard InChI is InChI=1S/C27H29N5O/c1-17-13-30-26-22(17)12-21(15-31-26)20-10-18-6-9-32(27(33)19-4-2-7-28-14-19)16-24(18)23(11-20)25-5-3-8-29-25/h2,4,7,10-12,14-15,17,25,29H,3,5-6,8-9,13,16H2,1H3,(H,30,31). The highest BCUT2D eigenvalue weighted by molar-refractivity contribution is 5.94. The summed E-state index contributed by atoms with van der Waals surface area (Å²) in [6, 6.07) is 11.0. The lowest BCUT2D eigenvalue weighted by Crippen LogP contribution is -2.37. The van der Waals surface area contributed by atoms with Gasteiger partial charge < -0.3 is 15.5 Å². The van der Waals surface area contributed by atoms with Gasteiger partial charge in [-0.25, -0.2) is 4.98 Å². The van der Waals surface area contributed by atoms with E-state index in [4.69, 9.17) is 4.98 Å². The number of carbonyl (C=O) groups excluding carboxylic acids is 1. The Morgan fingerprint density at radius 1 is 1.15 bits per heavy atom. The molecule has 6 nitrogen and oxygen atoms in total. The van der Waals surface area contributed by atoms with Crippen LogP contribution in [0.2, 0.25) is 0 Å². The van der Waals surface area contributed by atoms with Crippen LogP contribution in [0.3, 0.4) is 0 Å². The molecule has 0 aliphatic carbocycles. The van der Waals surface area contributed by atoms with Crippen LogP contribution in [0.15, 0.2) is 48.9 Å². The number of rotatable bonds is 3. The van der Waals surface area contributed by atoms with E-state index in [0.29, 0.717) is 24.1 Å². The van der Waals surface area contributed by atoms with Crippen molar-refractivity contribution in [2.24, 2.45) is 0 Å². The second-order valence-corrected chi connectivity index (χ2v) is 9.51. The Labute approximate surface area is 194 Å². The molecule has 0 saturated carbocycles. The largest absolute Gasteiger partial charge is 0.369 e. The Bertz CT molecular complexity index is 1200. The van der Waals surface area contributed by atoms with Gasteiger partial charge in [-0.2, -0.15) is 0 Å². The minimum Gasteiger partial charge on any atom is -0.369 e. The highest BCUT2D eigenvalue weighted by atomic mass is 16.2. The zero-order chi connectivity index (χ0) is 22.4. The van der Waals surface area contributed by atoms with Crippen molar-refractivity contribution in [3.05, 3.63) is 76.7 Å². The maximum absolute atomic E-state index is 13.1. The lowest BCUT2D eigenvalue weighted by atomic mass is 9.86. The van der Waals surface area contributed by atoms with Crippen molar-refractivity contribution >= 4 is 11.7 Å². The molecule has 5 heterocycles. The van der Waals surface area contributed by atoms with Crippen molar-refractivity contribution < 1.29 is 4.79 Å². The number of nitrogens with one attached hydrogen (secondary N) is 2. The maximum atomic E-state index is 13.1. The maximum Gasteiger partial charge on any atom is 0.255 e. The molecule has 1 amide bonds. The molecule has 2 aromatic heterocycles. The van der Waals surface area contributed by atoms with Gasteiger partial charge in [0.15, 0.2) is 0 Å². The minimum absolute atomic E-state index is 0.0625. The van der Waals surface area contributed by atoms with E-state index in [1.165, 1.54) is 39.8 Å². The molecule has 2 unspecified atom stereocenters. The molecule has 1 aromatic carbocycles. The molecule has 2 N–H and O–H groups in total. The molecule has 0 bridgehead atoms. The summed E-state index contributed by atoms with van der Waals surface area (Å²) in [7, 11) is 0. The van der Waals surface area contributed by atoms with Crippen LogP contribution in [0, 0.1) is 0 Å². The third-order valence-corrected chi connectivity index (χ3v) is 7.37. The number of fused-ring (bicyclic) bond motifs is 2. The second kappa shape index (κ2) is 8.27. The van der Waals surface area contributed by atoms with Crippen molar-refractivity contribution in [3.63, 3.8) is 0 Å². The normalized spacial score (nSPS) is 21.4. The molecule has 168 valence electrons. The summed E-state index contributed by atoms with van der Waals surface area (Å²) in [5, 5.41) is 7.09. The smallest absolute Gasteiger partial charge is 0.255 e.